The molecule has 3 nitrogen and oxygen atoms in total. The van der Waals surface area contributed by atoms with E-state index in [1.54, 1.807) is 17.4 Å². The quantitative estimate of drug-likeness (QED) is 0.831. The van der Waals surface area contributed by atoms with Crippen LogP contribution in [-0.2, 0) is 13.0 Å². The molecule has 0 aliphatic rings. The number of hydrogen-bond donors (Lipinski definition) is 1. The molecule has 2 rings (SSSR count). The number of thiophene rings is 1. The summed E-state index contributed by atoms with van der Waals surface area (Å²) in [4.78, 5) is 9.75. The molecule has 0 atom stereocenters. The smallest absolute Gasteiger partial charge is 0.134 e. The molecular weight excluding hydrogens is 289 g/mol. The van der Waals surface area contributed by atoms with Gasteiger partial charge in [-0.3, -0.25) is 0 Å². The van der Waals surface area contributed by atoms with Gasteiger partial charge in [0.15, 0.2) is 0 Å². The number of aromatic nitrogens is 2. The van der Waals surface area contributed by atoms with Gasteiger partial charge in [0.05, 0.1) is 10.9 Å². The zero-order valence-electron chi connectivity index (χ0n) is 9.91. The summed E-state index contributed by atoms with van der Waals surface area (Å²) < 4.78 is 0.791. The number of nitrogens with zero attached hydrogens (tertiary/aromatic N) is 2. The van der Waals surface area contributed by atoms with Crippen molar-refractivity contribution in [2.45, 2.75) is 26.3 Å². The van der Waals surface area contributed by atoms with Crippen LogP contribution in [-0.4, -0.2) is 9.97 Å². The van der Waals surface area contributed by atoms with Gasteiger partial charge in [0.25, 0.3) is 0 Å². The molecule has 0 spiro atoms. The SMILES string of the molecule is CCCc1nc(Cl)cc(NCc2ccc(Cl)s2)n1. The van der Waals surface area contributed by atoms with Gasteiger partial charge in [-0.2, -0.15) is 0 Å². The third-order valence-electron chi connectivity index (χ3n) is 2.29. The monoisotopic (exact) mass is 301 g/mol. The van der Waals surface area contributed by atoms with Crippen molar-refractivity contribution < 1.29 is 0 Å². The van der Waals surface area contributed by atoms with E-state index in [0.717, 1.165) is 33.7 Å². The lowest BCUT2D eigenvalue weighted by Gasteiger charge is -2.06. The highest BCUT2D eigenvalue weighted by Gasteiger charge is 2.03. The van der Waals surface area contributed by atoms with Crippen LogP contribution in [0.4, 0.5) is 5.82 Å². The molecule has 2 aromatic heterocycles. The summed E-state index contributed by atoms with van der Waals surface area (Å²) in [6.45, 7) is 2.78. The molecule has 18 heavy (non-hydrogen) atoms. The van der Waals surface area contributed by atoms with Crippen molar-refractivity contribution in [3.8, 4) is 0 Å². The van der Waals surface area contributed by atoms with Crippen LogP contribution in [0.3, 0.4) is 0 Å². The van der Waals surface area contributed by atoms with Crippen LogP contribution in [0.15, 0.2) is 18.2 Å². The summed E-state index contributed by atoms with van der Waals surface area (Å²) in [6, 6.07) is 5.62. The highest BCUT2D eigenvalue weighted by Crippen LogP contribution is 2.22. The van der Waals surface area contributed by atoms with E-state index in [1.165, 1.54) is 0 Å². The van der Waals surface area contributed by atoms with Crippen molar-refractivity contribution >= 4 is 40.4 Å². The molecule has 0 fully saturated rings. The molecule has 1 N–H and O–H groups in total. The lowest BCUT2D eigenvalue weighted by atomic mass is 10.3. The second kappa shape index (κ2) is 6.36. The first-order valence-electron chi connectivity index (χ1n) is 5.69. The fourth-order valence-corrected chi connectivity index (χ4v) is 2.74. The average molecular weight is 302 g/mol. The summed E-state index contributed by atoms with van der Waals surface area (Å²) in [7, 11) is 0. The van der Waals surface area contributed by atoms with Crippen molar-refractivity contribution in [2.75, 3.05) is 5.32 Å². The second-order valence-electron chi connectivity index (χ2n) is 3.80. The molecule has 2 aromatic rings. The molecule has 0 amide bonds. The summed E-state index contributed by atoms with van der Waals surface area (Å²) in [5.41, 5.74) is 0. The average Bonchev–Trinajstić information content (AvgIpc) is 2.72. The minimum atomic E-state index is 0.472. The van der Waals surface area contributed by atoms with E-state index in [1.807, 2.05) is 12.1 Å². The number of aryl methyl sites for hydroxylation is 1. The van der Waals surface area contributed by atoms with Crippen LogP contribution in [0.1, 0.15) is 24.0 Å². The Hall–Kier alpha value is -0.840. The van der Waals surface area contributed by atoms with E-state index in [-0.39, 0.29) is 0 Å². The molecule has 0 bridgehead atoms. The molecule has 0 unspecified atom stereocenters. The van der Waals surface area contributed by atoms with E-state index in [0.29, 0.717) is 11.7 Å². The topological polar surface area (TPSA) is 37.8 Å². The van der Waals surface area contributed by atoms with Gasteiger partial charge in [0, 0.05) is 17.4 Å². The number of hydrogen-bond acceptors (Lipinski definition) is 4. The van der Waals surface area contributed by atoms with E-state index in [9.17, 15) is 0 Å². The second-order valence-corrected chi connectivity index (χ2v) is 5.99. The Labute approximate surface area is 120 Å². The van der Waals surface area contributed by atoms with Gasteiger partial charge in [0.1, 0.15) is 16.8 Å². The van der Waals surface area contributed by atoms with Crippen molar-refractivity contribution in [1.82, 2.24) is 9.97 Å². The van der Waals surface area contributed by atoms with Gasteiger partial charge >= 0.3 is 0 Å². The van der Waals surface area contributed by atoms with Crippen LogP contribution in [0.5, 0.6) is 0 Å². The Morgan fingerprint density at radius 3 is 2.78 bits per heavy atom. The van der Waals surface area contributed by atoms with Crippen LogP contribution < -0.4 is 5.32 Å². The van der Waals surface area contributed by atoms with E-state index in [2.05, 4.69) is 22.2 Å². The van der Waals surface area contributed by atoms with E-state index >= 15 is 0 Å². The number of rotatable bonds is 5. The van der Waals surface area contributed by atoms with Crippen molar-refractivity contribution in [1.29, 1.82) is 0 Å². The molecule has 0 aliphatic heterocycles. The van der Waals surface area contributed by atoms with Gasteiger partial charge < -0.3 is 5.32 Å². The Kier molecular flexibility index (Phi) is 4.80. The minimum Gasteiger partial charge on any atom is -0.365 e. The first-order valence-corrected chi connectivity index (χ1v) is 7.26. The van der Waals surface area contributed by atoms with Crippen LogP contribution in [0, 0.1) is 0 Å². The summed E-state index contributed by atoms with van der Waals surface area (Å²) in [5.74, 6) is 1.53. The molecule has 6 heteroatoms. The van der Waals surface area contributed by atoms with Gasteiger partial charge in [-0.1, -0.05) is 30.1 Å². The number of halogens is 2. The first kappa shape index (κ1) is 13.6. The van der Waals surface area contributed by atoms with Crippen molar-refractivity contribution in [3.05, 3.63) is 38.4 Å². The maximum absolute atomic E-state index is 5.96. The predicted octanol–water partition coefficient (Wildman–Crippen LogP) is 4.41. The standard InChI is InChI=1S/C12H13Cl2N3S/c1-2-3-11-16-9(13)6-12(17-11)15-7-8-4-5-10(14)18-8/h4-6H,2-3,7H2,1H3,(H,15,16,17). The van der Waals surface area contributed by atoms with E-state index < -0.39 is 0 Å². The van der Waals surface area contributed by atoms with Gasteiger partial charge in [-0.25, -0.2) is 9.97 Å². The van der Waals surface area contributed by atoms with Crippen LogP contribution in [0.2, 0.25) is 9.49 Å². The molecule has 0 radical (unpaired) electrons. The molecule has 2 heterocycles. The Morgan fingerprint density at radius 1 is 1.28 bits per heavy atom. The summed E-state index contributed by atoms with van der Waals surface area (Å²) in [5, 5.41) is 3.70. The molecule has 0 saturated carbocycles. The Bertz CT molecular complexity index is 528. The van der Waals surface area contributed by atoms with Gasteiger partial charge in [0.2, 0.25) is 0 Å². The maximum Gasteiger partial charge on any atom is 0.134 e. The fourth-order valence-electron chi connectivity index (χ4n) is 1.52. The molecule has 96 valence electrons. The largest absolute Gasteiger partial charge is 0.365 e. The third kappa shape index (κ3) is 3.83. The molecule has 0 saturated heterocycles. The van der Waals surface area contributed by atoms with Gasteiger partial charge in [-0.15, -0.1) is 11.3 Å². The summed E-state index contributed by atoms with van der Waals surface area (Å²) in [6.07, 6.45) is 1.83. The molecule has 0 aromatic carbocycles. The number of nitrogens with one attached hydrogen (secondary N) is 1. The maximum atomic E-state index is 5.96. The Morgan fingerprint density at radius 2 is 2.11 bits per heavy atom. The number of anilines is 1. The zero-order chi connectivity index (χ0) is 13.0. The Balaban J connectivity index is 2.04. The van der Waals surface area contributed by atoms with Crippen molar-refractivity contribution in [3.63, 3.8) is 0 Å². The van der Waals surface area contributed by atoms with Gasteiger partial charge in [-0.05, 0) is 18.6 Å². The third-order valence-corrected chi connectivity index (χ3v) is 3.71. The zero-order valence-corrected chi connectivity index (χ0v) is 12.2. The van der Waals surface area contributed by atoms with Crippen LogP contribution in [0.25, 0.3) is 0 Å². The van der Waals surface area contributed by atoms with E-state index in [4.69, 9.17) is 23.2 Å². The van der Waals surface area contributed by atoms with Crippen LogP contribution >= 0.6 is 34.5 Å². The molecule has 0 aliphatic carbocycles. The highest BCUT2D eigenvalue weighted by molar-refractivity contribution is 7.16. The highest BCUT2D eigenvalue weighted by atomic mass is 35.5. The predicted molar refractivity (Wildman–Crippen MR) is 77.7 cm³/mol. The fraction of sp³-hybridized carbons (Fsp3) is 0.333. The summed E-state index contributed by atoms with van der Waals surface area (Å²) >= 11 is 13.4. The first-order chi connectivity index (χ1) is 8.67. The lowest BCUT2D eigenvalue weighted by molar-refractivity contribution is 0.834. The lowest BCUT2D eigenvalue weighted by Crippen LogP contribution is -2.03. The van der Waals surface area contributed by atoms with Crippen molar-refractivity contribution in [2.24, 2.45) is 0 Å². The minimum absolute atomic E-state index is 0.472. The molecular formula is C12H13Cl2N3S. The normalized spacial score (nSPS) is 10.6.